The van der Waals surface area contributed by atoms with Gasteiger partial charge in [-0.15, -0.1) is 0 Å². The molecule has 2 aromatic rings. The van der Waals surface area contributed by atoms with Crippen molar-refractivity contribution in [3.8, 4) is 0 Å². The van der Waals surface area contributed by atoms with Gasteiger partial charge in [-0.2, -0.15) is 0 Å². The molecule has 1 saturated heterocycles. The summed E-state index contributed by atoms with van der Waals surface area (Å²) in [5.41, 5.74) is 2.63. The number of halogens is 1. The van der Waals surface area contributed by atoms with Crippen LogP contribution in [0.15, 0.2) is 63.6 Å². The molecule has 0 saturated carbocycles. The topological polar surface area (TPSA) is 54.2 Å². The Morgan fingerprint density at radius 3 is 2.37 bits per heavy atom. The third-order valence-corrected chi connectivity index (χ3v) is 6.22. The molecule has 0 aliphatic carbocycles. The van der Waals surface area contributed by atoms with E-state index in [1.54, 1.807) is 24.3 Å². The summed E-state index contributed by atoms with van der Waals surface area (Å²) in [7, 11) is 0. The number of carbonyl (C=O) groups excluding carboxylic acids is 2. The predicted molar refractivity (Wildman–Crippen MR) is 125 cm³/mol. The summed E-state index contributed by atoms with van der Waals surface area (Å²) in [6, 6.07) is 15.3. The van der Waals surface area contributed by atoms with Crippen LogP contribution in [0.2, 0.25) is 0 Å². The third kappa shape index (κ3) is 4.53. The van der Waals surface area contributed by atoms with Crippen molar-refractivity contribution >= 4 is 63.0 Å². The van der Waals surface area contributed by atoms with Crippen LogP contribution in [0.3, 0.4) is 0 Å². The van der Waals surface area contributed by atoms with Gasteiger partial charge < -0.3 is 17.5 Å². The maximum atomic E-state index is 13.1. The standard InChI is InChI=1S/C23H22BrN3O2S/c24-17-6-5-7-19(15-17)27-22(29)20(21(28)25-23(27)30)14-16-8-10-18(11-9-16)26-12-3-1-2-4-13-26/h5-11,14-15H,1-4,12-13H2,(H,25,28,30). The van der Waals surface area contributed by atoms with Crippen LogP contribution in [0.25, 0.3) is 6.08 Å². The van der Waals surface area contributed by atoms with Crippen LogP contribution in [0, 0.1) is 0 Å². The molecule has 7 heteroatoms. The Labute approximate surface area is 190 Å². The Kier molecular flexibility index (Phi) is 6.41. The van der Waals surface area contributed by atoms with E-state index in [2.05, 4.69) is 33.1 Å². The van der Waals surface area contributed by atoms with E-state index >= 15 is 0 Å². The zero-order chi connectivity index (χ0) is 21.1. The minimum Gasteiger partial charge on any atom is -0.742 e. The lowest BCUT2D eigenvalue weighted by atomic mass is 10.1. The third-order valence-electron chi connectivity index (χ3n) is 5.46. The first kappa shape index (κ1) is 20.9. The number of carbonyl (C=O) groups is 2. The first-order valence-electron chi connectivity index (χ1n) is 10.1. The SMILES string of the molecule is O=C1N=C([S-])N(c2cccc(Br)c2)C(=O)C1=Cc1ccc([NH+]2CCCCCC2)cc1. The number of hydrogen-bond donors (Lipinski definition) is 1. The molecule has 2 amide bonds. The molecule has 2 aromatic carbocycles. The number of amidine groups is 1. The van der Waals surface area contributed by atoms with Crippen LogP contribution in [-0.4, -0.2) is 30.1 Å². The second-order valence-corrected chi connectivity index (χ2v) is 8.80. The fourth-order valence-electron chi connectivity index (χ4n) is 3.89. The Bertz CT molecular complexity index is 1020. The molecule has 30 heavy (non-hydrogen) atoms. The van der Waals surface area contributed by atoms with Gasteiger partial charge in [0.1, 0.15) is 11.3 Å². The lowest BCUT2D eigenvalue weighted by Crippen LogP contribution is -3.07. The summed E-state index contributed by atoms with van der Waals surface area (Å²) < 4.78 is 0.810. The normalized spacial score (nSPS) is 19.7. The van der Waals surface area contributed by atoms with Crippen LogP contribution < -0.4 is 9.80 Å². The van der Waals surface area contributed by atoms with Crippen molar-refractivity contribution in [3.63, 3.8) is 0 Å². The first-order chi connectivity index (χ1) is 14.5. The van der Waals surface area contributed by atoms with Gasteiger partial charge in [0.05, 0.1) is 13.1 Å². The lowest BCUT2D eigenvalue weighted by Gasteiger charge is -2.32. The van der Waals surface area contributed by atoms with Crippen LogP contribution in [0.4, 0.5) is 11.4 Å². The van der Waals surface area contributed by atoms with Crippen LogP contribution >= 0.6 is 15.9 Å². The molecule has 4 rings (SSSR count). The maximum Gasteiger partial charge on any atom is 0.282 e. The van der Waals surface area contributed by atoms with Crippen molar-refractivity contribution in [1.82, 2.24) is 0 Å². The van der Waals surface area contributed by atoms with Crippen LogP contribution in [0.1, 0.15) is 31.2 Å². The van der Waals surface area contributed by atoms with Crippen molar-refractivity contribution in [3.05, 3.63) is 64.1 Å². The number of hydrogen-bond acceptors (Lipinski definition) is 3. The molecule has 2 aliphatic rings. The minimum absolute atomic E-state index is 0.0124. The van der Waals surface area contributed by atoms with Gasteiger partial charge in [-0.25, -0.2) is 4.99 Å². The van der Waals surface area contributed by atoms with E-state index in [9.17, 15) is 9.59 Å². The van der Waals surface area contributed by atoms with E-state index < -0.39 is 11.8 Å². The average Bonchev–Trinajstić information content (AvgIpc) is 3.01. The van der Waals surface area contributed by atoms with E-state index in [0.29, 0.717) is 5.69 Å². The lowest BCUT2D eigenvalue weighted by molar-refractivity contribution is -0.831. The second kappa shape index (κ2) is 9.20. The number of benzene rings is 2. The first-order valence-corrected chi connectivity index (χ1v) is 11.3. The van der Waals surface area contributed by atoms with E-state index in [1.807, 2.05) is 18.2 Å². The minimum atomic E-state index is -0.599. The molecule has 1 N–H and O–H groups in total. The molecule has 0 atom stereocenters. The van der Waals surface area contributed by atoms with Crippen molar-refractivity contribution in [2.75, 3.05) is 18.0 Å². The van der Waals surface area contributed by atoms with Crippen LogP contribution in [-0.2, 0) is 22.2 Å². The highest BCUT2D eigenvalue weighted by molar-refractivity contribution is 9.10. The largest absolute Gasteiger partial charge is 0.742 e. The van der Waals surface area contributed by atoms with Gasteiger partial charge in [0.2, 0.25) is 0 Å². The van der Waals surface area contributed by atoms with Crippen molar-refractivity contribution in [2.24, 2.45) is 4.99 Å². The van der Waals surface area contributed by atoms with E-state index in [4.69, 9.17) is 12.6 Å². The van der Waals surface area contributed by atoms with Gasteiger partial charge in [-0.05, 0) is 85.0 Å². The Hall–Kier alpha value is -2.35. The van der Waals surface area contributed by atoms with Gasteiger partial charge in [0, 0.05) is 10.2 Å². The fraction of sp³-hybridized carbons (Fsp3) is 0.261. The van der Waals surface area contributed by atoms with E-state index in [1.165, 1.54) is 41.2 Å². The summed E-state index contributed by atoms with van der Waals surface area (Å²) in [5, 5.41) is -0.0413. The molecule has 5 nitrogen and oxygen atoms in total. The molecule has 0 unspecified atom stereocenters. The zero-order valence-electron chi connectivity index (χ0n) is 16.4. The molecule has 0 aromatic heterocycles. The van der Waals surface area contributed by atoms with E-state index in [0.717, 1.165) is 23.1 Å². The second-order valence-electron chi connectivity index (χ2n) is 7.52. The van der Waals surface area contributed by atoms with E-state index in [-0.39, 0.29) is 10.7 Å². The molecule has 0 bridgehead atoms. The van der Waals surface area contributed by atoms with Gasteiger partial charge in [0.15, 0.2) is 0 Å². The van der Waals surface area contributed by atoms with Gasteiger partial charge >= 0.3 is 0 Å². The smallest absolute Gasteiger partial charge is 0.282 e. The van der Waals surface area contributed by atoms with Crippen molar-refractivity contribution < 1.29 is 14.5 Å². The number of aliphatic imine (C=N–C) groups is 1. The number of anilines is 1. The predicted octanol–water partition coefficient (Wildman–Crippen LogP) is 3.40. The van der Waals surface area contributed by atoms with Gasteiger partial charge in [-0.1, -0.05) is 22.0 Å². The highest BCUT2D eigenvalue weighted by Gasteiger charge is 2.29. The molecule has 2 aliphatic heterocycles. The number of nitrogens with one attached hydrogen (secondary N) is 1. The fourth-order valence-corrected chi connectivity index (χ4v) is 4.55. The number of rotatable bonds is 3. The summed E-state index contributed by atoms with van der Waals surface area (Å²) in [5.74, 6) is -1.06. The molecule has 0 spiro atoms. The van der Waals surface area contributed by atoms with Crippen molar-refractivity contribution in [1.29, 1.82) is 0 Å². The quantitative estimate of drug-likeness (QED) is 0.413. The highest BCUT2D eigenvalue weighted by atomic mass is 79.9. The summed E-state index contributed by atoms with van der Waals surface area (Å²) in [6.45, 7) is 2.30. The number of amides is 2. The summed E-state index contributed by atoms with van der Waals surface area (Å²) in [4.78, 5) is 32.2. The summed E-state index contributed by atoms with van der Waals surface area (Å²) >= 11 is 8.60. The summed E-state index contributed by atoms with van der Waals surface area (Å²) in [6.07, 6.45) is 6.70. The molecule has 0 radical (unpaired) electrons. The molecule has 1 fully saturated rings. The molecule has 2 heterocycles. The van der Waals surface area contributed by atoms with Crippen molar-refractivity contribution in [2.45, 2.75) is 25.7 Å². The zero-order valence-corrected chi connectivity index (χ0v) is 18.8. The van der Waals surface area contributed by atoms with Crippen LogP contribution in [0.5, 0.6) is 0 Å². The molecular weight excluding hydrogens is 462 g/mol. The Morgan fingerprint density at radius 1 is 1.00 bits per heavy atom. The number of quaternary nitrogens is 1. The Balaban J connectivity index is 1.61. The Morgan fingerprint density at radius 2 is 1.70 bits per heavy atom. The molecule has 154 valence electrons. The monoisotopic (exact) mass is 483 g/mol. The highest BCUT2D eigenvalue weighted by Crippen LogP contribution is 2.25. The maximum absolute atomic E-state index is 13.1. The van der Waals surface area contributed by atoms with Gasteiger partial charge in [-0.3, -0.25) is 14.5 Å². The molecular formula is C23H22BrN3O2S. The van der Waals surface area contributed by atoms with Gasteiger partial charge in [0.25, 0.3) is 11.8 Å². The average molecular weight is 484 g/mol. The number of nitrogens with zero attached hydrogens (tertiary/aromatic N) is 2.